The van der Waals surface area contributed by atoms with Gasteiger partial charge in [0.25, 0.3) is 5.91 Å². The molecule has 0 saturated carbocycles. The molecule has 1 aromatic carbocycles. The van der Waals surface area contributed by atoms with Gasteiger partial charge in [-0.2, -0.15) is 5.10 Å². The van der Waals surface area contributed by atoms with Crippen LogP contribution in [0.2, 0.25) is 5.02 Å². The van der Waals surface area contributed by atoms with E-state index in [4.69, 9.17) is 16.0 Å². The average molecular weight is 358 g/mol. The Bertz CT molecular complexity index is 909. The largest absolute Gasteiger partial charge is 0.464 e. The fourth-order valence-electron chi connectivity index (χ4n) is 2.72. The zero-order chi connectivity index (χ0) is 18.1. The molecule has 0 unspecified atom stereocenters. The molecule has 0 radical (unpaired) electrons. The Balaban J connectivity index is 1.77. The molecule has 0 atom stereocenters. The number of amides is 1. The molecule has 0 fully saturated rings. The van der Waals surface area contributed by atoms with Crippen molar-refractivity contribution in [3.63, 3.8) is 0 Å². The number of rotatable bonds is 4. The summed E-state index contributed by atoms with van der Waals surface area (Å²) in [6.45, 7) is 6.10. The molecule has 0 aliphatic heterocycles. The lowest BCUT2D eigenvalue weighted by molar-refractivity contribution is 0.0775. The lowest BCUT2D eigenvalue weighted by atomic mass is 10.2. The van der Waals surface area contributed by atoms with Crippen molar-refractivity contribution in [1.82, 2.24) is 14.7 Å². The number of benzene rings is 1. The number of hydrogen-bond donors (Lipinski definition) is 0. The number of aromatic nitrogens is 2. The van der Waals surface area contributed by atoms with E-state index in [1.165, 1.54) is 0 Å². The van der Waals surface area contributed by atoms with Crippen LogP contribution in [0, 0.1) is 20.8 Å². The number of hydrogen-bond acceptors (Lipinski definition) is 3. The van der Waals surface area contributed by atoms with Crippen LogP contribution in [0.5, 0.6) is 0 Å². The first-order valence-electron chi connectivity index (χ1n) is 7.99. The number of carbonyl (C=O) groups excluding carboxylic acids is 1. The minimum atomic E-state index is -0.0630. The lowest BCUT2D eigenvalue weighted by Crippen LogP contribution is -2.26. The van der Waals surface area contributed by atoms with Crippen LogP contribution in [-0.2, 0) is 6.54 Å². The van der Waals surface area contributed by atoms with E-state index in [1.54, 1.807) is 28.8 Å². The van der Waals surface area contributed by atoms with Crippen LogP contribution < -0.4 is 0 Å². The highest BCUT2D eigenvalue weighted by molar-refractivity contribution is 6.31. The van der Waals surface area contributed by atoms with E-state index in [0.29, 0.717) is 17.1 Å². The molecule has 25 heavy (non-hydrogen) atoms. The first kappa shape index (κ1) is 17.3. The predicted molar refractivity (Wildman–Crippen MR) is 97.3 cm³/mol. The first-order chi connectivity index (χ1) is 11.9. The van der Waals surface area contributed by atoms with E-state index in [9.17, 15) is 4.79 Å². The average Bonchev–Trinajstić information content (AvgIpc) is 3.12. The number of halogens is 1. The zero-order valence-electron chi connectivity index (χ0n) is 14.7. The molecule has 3 aromatic rings. The Morgan fingerprint density at radius 1 is 1.16 bits per heavy atom. The van der Waals surface area contributed by atoms with Crippen LogP contribution in [0.4, 0.5) is 0 Å². The Labute approximate surface area is 151 Å². The summed E-state index contributed by atoms with van der Waals surface area (Å²) < 4.78 is 7.30. The van der Waals surface area contributed by atoms with Gasteiger partial charge in [-0.25, -0.2) is 4.68 Å². The molecule has 6 heteroatoms. The molecule has 0 spiro atoms. The van der Waals surface area contributed by atoms with Crippen molar-refractivity contribution < 1.29 is 9.21 Å². The summed E-state index contributed by atoms with van der Waals surface area (Å²) in [7, 11) is 1.76. The molecule has 2 heterocycles. The van der Waals surface area contributed by atoms with Gasteiger partial charge < -0.3 is 9.32 Å². The van der Waals surface area contributed by atoms with E-state index >= 15 is 0 Å². The molecular weight excluding hydrogens is 338 g/mol. The number of carbonyl (C=O) groups is 1. The van der Waals surface area contributed by atoms with Crippen molar-refractivity contribution in [3.05, 3.63) is 69.9 Å². The highest BCUT2D eigenvalue weighted by Crippen LogP contribution is 2.22. The van der Waals surface area contributed by atoms with Gasteiger partial charge in [0, 0.05) is 12.6 Å². The van der Waals surface area contributed by atoms with Crippen molar-refractivity contribution in [2.45, 2.75) is 27.3 Å². The van der Waals surface area contributed by atoms with Gasteiger partial charge in [0.1, 0.15) is 11.5 Å². The van der Waals surface area contributed by atoms with Crippen LogP contribution >= 0.6 is 11.6 Å². The molecule has 2 aromatic heterocycles. The Hall–Kier alpha value is -2.53. The van der Waals surface area contributed by atoms with Gasteiger partial charge in [-0.3, -0.25) is 4.79 Å². The minimum Gasteiger partial charge on any atom is -0.464 e. The molecular formula is C19H20ClN3O2. The van der Waals surface area contributed by atoms with Crippen LogP contribution in [0.15, 0.2) is 40.8 Å². The molecule has 0 aliphatic carbocycles. The van der Waals surface area contributed by atoms with Crippen molar-refractivity contribution in [2.24, 2.45) is 0 Å². The van der Waals surface area contributed by atoms with E-state index in [-0.39, 0.29) is 5.91 Å². The molecule has 1 amide bonds. The summed E-state index contributed by atoms with van der Waals surface area (Å²) in [5.74, 6) is 1.54. The summed E-state index contributed by atoms with van der Waals surface area (Å²) >= 11 is 6.20. The summed E-state index contributed by atoms with van der Waals surface area (Å²) in [5, 5.41) is 5.09. The Morgan fingerprint density at radius 3 is 2.36 bits per heavy atom. The fraction of sp³-hybridized carbons (Fsp3) is 0.263. The smallest absolute Gasteiger partial charge is 0.254 e. The van der Waals surface area contributed by atoms with Gasteiger partial charge in [0.15, 0.2) is 0 Å². The maximum absolute atomic E-state index is 12.6. The first-order valence-corrected chi connectivity index (χ1v) is 8.37. The molecule has 0 bridgehead atoms. The molecule has 0 aliphatic rings. The molecule has 3 rings (SSSR count). The maximum Gasteiger partial charge on any atom is 0.254 e. The lowest BCUT2D eigenvalue weighted by Gasteiger charge is -2.16. The Kier molecular flexibility index (Phi) is 4.68. The summed E-state index contributed by atoms with van der Waals surface area (Å²) in [6.07, 6.45) is 0. The Morgan fingerprint density at radius 2 is 1.84 bits per heavy atom. The molecule has 0 saturated heterocycles. The van der Waals surface area contributed by atoms with Crippen molar-refractivity contribution in [3.8, 4) is 5.69 Å². The van der Waals surface area contributed by atoms with Gasteiger partial charge in [-0.05, 0) is 57.2 Å². The summed E-state index contributed by atoms with van der Waals surface area (Å²) in [4.78, 5) is 14.2. The minimum absolute atomic E-state index is 0.0630. The quantitative estimate of drug-likeness (QED) is 0.698. The monoisotopic (exact) mass is 357 g/mol. The van der Waals surface area contributed by atoms with Crippen LogP contribution in [0.3, 0.4) is 0 Å². The van der Waals surface area contributed by atoms with Gasteiger partial charge in [-0.15, -0.1) is 0 Å². The highest BCUT2D eigenvalue weighted by atomic mass is 35.5. The number of aryl methyl sites for hydroxylation is 2. The van der Waals surface area contributed by atoms with Gasteiger partial charge >= 0.3 is 0 Å². The second kappa shape index (κ2) is 6.76. The summed E-state index contributed by atoms with van der Waals surface area (Å²) in [6, 6.07) is 11.1. The number of nitrogens with zero attached hydrogens (tertiary/aromatic N) is 3. The third-order valence-corrected chi connectivity index (χ3v) is 4.64. The second-order valence-electron chi connectivity index (χ2n) is 6.12. The van der Waals surface area contributed by atoms with E-state index < -0.39 is 0 Å². The van der Waals surface area contributed by atoms with Gasteiger partial charge in [0.2, 0.25) is 0 Å². The second-order valence-corrected chi connectivity index (χ2v) is 6.50. The maximum atomic E-state index is 12.6. The molecule has 0 N–H and O–H groups in total. The van der Waals surface area contributed by atoms with E-state index in [2.05, 4.69) is 5.10 Å². The normalized spacial score (nSPS) is 10.9. The van der Waals surface area contributed by atoms with Crippen molar-refractivity contribution in [1.29, 1.82) is 0 Å². The molecule has 130 valence electrons. The van der Waals surface area contributed by atoms with E-state index in [0.717, 1.165) is 28.6 Å². The SMILES string of the molecule is Cc1ccc(CN(C)C(=O)c2ccc(-n3nc(C)c(Cl)c3C)cc2)o1. The van der Waals surface area contributed by atoms with Crippen LogP contribution in [0.25, 0.3) is 5.69 Å². The van der Waals surface area contributed by atoms with Crippen LogP contribution in [0.1, 0.15) is 33.3 Å². The van der Waals surface area contributed by atoms with Crippen molar-refractivity contribution in [2.75, 3.05) is 7.05 Å². The van der Waals surface area contributed by atoms with E-state index in [1.807, 2.05) is 45.0 Å². The van der Waals surface area contributed by atoms with Gasteiger partial charge in [0.05, 0.1) is 28.6 Å². The molecule has 5 nitrogen and oxygen atoms in total. The van der Waals surface area contributed by atoms with Crippen LogP contribution in [-0.4, -0.2) is 27.6 Å². The number of furan rings is 1. The predicted octanol–water partition coefficient (Wildman–Crippen LogP) is 4.32. The topological polar surface area (TPSA) is 51.3 Å². The summed E-state index contributed by atoms with van der Waals surface area (Å²) in [5.41, 5.74) is 3.15. The third-order valence-electron chi connectivity index (χ3n) is 4.10. The van der Waals surface area contributed by atoms with Gasteiger partial charge in [-0.1, -0.05) is 11.6 Å². The third kappa shape index (κ3) is 3.46. The van der Waals surface area contributed by atoms with Crippen molar-refractivity contribution >= 4 is 17.5 Å². The standard InChI is InChI=1S/C19H20ClN3O2/c1-12-5-10-17(25-12)11-22(4)19(24)15-6-8-16(9-7-15)23-14(3)18(20)13(2)21-23/h5-10H,11H2,1-4H3. The fourth-order valence-corrected chi connectivity index (χ4v) is 2.83. The zero-order valence-corrected chi connectivity index (χ0v) is 15.5. The highest BCUT2D eigenvalue weighted by Gasteiger charge is 2.15.